The van der Waals surface area contributed by atoms with Gasteiger partial charge in [0.05, 0.1) is 0 Å². The fourth-order valence-corrected chi connectivity index (χ4v) is 2.48. The van der Waals surface area contributed by atoms with E-state index in [1.807, 2.05) is 0 Å². The Kier molecular flexibility index (Phi) is 5.13. The van der Waals surface area contributed by atoms with Gasteiger partial charge in [0, 0.05) is 39.5 Å². The second-order valence-corrected chi connectivity index (χ2v) is 5.34. The van der Waals surface area contributed by atoms with Gasteiger partial charge in [-0.3, -0.25) is 9.48 Å². The number of carbonyl (C=O) groups excluding carboxylic acids is 1. The number of carbonyl (C=O) groups is 2. The predicted octanol–water partition coefficient (Wildman–Crippen LogP) is 0.254. The zero-order valence-corrected chi connectivity index (χ0v) is 12.2. The zero-order chi connectivity index (χ0) is 15.2. The topological polar surface area (TPSA) is 100 Å². The van der Waals surface area contributed by atoms with Crippen LogP contribution in [0, 0.1) is 5.92 Å². The number of carboxylic acid groups (broad SMARTS) is 1. The summed E-state index contributed by atoms with van der Waals surface area (Å²) in [4.78, 5) is 28.5. The largest absolute Gasteiger partial charge is 0.481 e. The predicted molar refractivity (Wildman–Crippen MR) is 74.7 cm³/mol. The Bertz CT molecular complexity index is 494. The molecule has 0 saturated carbocycles. The molecule has 21 heavy (non-hydrogen) atoms. The van der Waals surface area contributed by atoms with Crippen LogP contribution in [0.5, 0.6) is 0 Å². The van der Waals surface area contributed by atoms with Gasteiger partial charge >= 0.3 is 12.0 Å². The van der Waals surface area contributed by atoms with E-state index in [-0.39, 0.29) is 18.4 Å². The Morgan fingerprint density at radius 3 is 2.71 bits per heavy atom. The van der Waals surface area contributed by atoms with Crippen LogP contribution in [0.2, 0.25) is 0 Å². The molecule has 0 aliphatic carbocycles. The van der Waals surface area contributed by atoms with Crippen molar-refractivity contribution in [1.29, 1.82) is 0 Å². The van der Waals surface area contributed by atoms with E-state index in [0.29, 0.717) is 31.9 Å². The van der Waals surface area contributed by atoms with E-state index < -0.39 is 5.97 Å². The first-order valence-electron chi connectivity index (χ1n) is 7.13. The summed E-state index contributed by atoms with van der Waals surface area (Å²) in [5.74, 6) is 0.128. The van der Waals surface area contributed by atoms with Crippen molar-refractivity contribution in [3.8, 4) is 0 Å². The SMILES string of the molecule is Cn1cnc(CCNC(=O)N2CCC(CC(=O)O)CC2)n1. The lowest BCUT2D eigenvalue weighted by Gasteiger charge is -2.31. The monoisotopic (exact) mass is 295 g/mol. The number of nitrogens with one attached hydrogen (secondary N) is 1. The van der Waals surface area contributed by atoms with Crippen LogP contribution in [0.1, 0.15) is 25.1 Å². The molecule has 1 aromatic heterocycles. The van der Waals surface area contributed by atoms with Gasteiger partial charge in [0.25, 0.3) is 0 Å². The van der Waals surface area contributed by atoms with Crippen molar-refractivity contribution >= 4 is 12.0 Å². The highest BCUT2D eigenvalue weighted by Gasteiger charge is 2.23. The Morgan fingerprint density at radius 1 is 1.43 bits per heavy atom. The summed E-state index contributed by atoms with van der Waals surface area (Å²) in [5.41, 5.74) is 0. The number of nitrogens with zero attached hydrogens (tertiary/aromatic N) is 4. The molecule has 8 heteroatoms. The first kappa shape index (κ1) is 15.3. The molecular formula is C13H21N5O3. The third kappa shape index (κ3) is 4.73. The molecule has 2 rings (SSSR count). The van der Waals surface area contributed by atoms with Crippen molar-refractivity contribution in [3.05, 3.63) is 12.2 Å². The zero-order valence-electron chi connectivity index (χ0n) is 12.2. The molecule has 1 aromatic rings. The average Bonchev–Trinajstić information content (AvgIpc) is 2.84. The molecule has 2 heterocycles. The number of rotatable bonds is 5. The Hall–Kier alpha value is -2.12. The van der Waals surface area contributed by atoms with E-state index in [0.717, 1.165) is 12.8 Å². The number of aryl methyl sites for hydroxylation is 1. The molecule has 1 aliphatic heterocycles. The number of urea groups is 1. The van der Waals surface area contributed by atoms with Crippen molar-refractivity contribution in [2.75, 3.05) is 19.6 Å². The summed E-state index contributed by atoms with van der Waals surface area (Å²) in [6.07, 6.45) is 3.93. The minimum absolute atomic E-state index is 0.0975. The van der Waals surface area contributed by atoms with Crippen molar-refractivity contribution in [1.82, 2.24) is 25.0 Å². The lowest BCUT2D eigenvalue weighted by molar-refractivity contribution is -0.138. The molecular weight excluding hydrogens is 274 g/mol. The molecule has 1 saturated heterocycles. The standard InChI is InChI=1S/C13H21N5O3/c1-17-9-15-11(16-17)2-5-14-13(21)18-6-3-10(4-7-18)8-12(19)20/h9-10H,2-8H2,1H3,(H,14,21)(H,19,20). The maximum absolute atomic E-state index is 12.0. The van der Waals surface area contributed by atoms with Crippen LogP contribution < -0.4 is 5.32 Å². The minimum atomic E-state index is -0.763. The number of hydrogen-bond donors (Lipinski definition) is 2. The second-order valence-electron chi connectivity index (χ2n) is 5.34. The number of hydrogen-bond acceptors (Lipinski definition) is 4. The fourth-order valence-electron chi connectivity index (χ4n) is 2.48. The lowest BCUT2D eigenvalue weighted by atomic mass is 9.94. The van der Waals surface area contributed by atoms with Gasteiger partial charge in [0.1, 0.15) is 6.33 Å². The van der Waals surface area contributed by atoms with E-state index in [2.05, 4.69) is 15.4 Å². The number of piperidine rings is 1. The number of aromatic nitrogens is 3. The highest BCUT2D eigenvalue weighted by molar-refractivity contribution is 5.74. The van der Waals surface area contributed by atoms with Gasteiger partial charge in [-0.1, -0.05) is 0 Å². The molecule has 0 atom stereocenters. The van der Waals surface area contributed by atoms with Crippen molar-refractivity contribution in [2.24, 2.45) is 13.0 Å². The van der Waals surface area contributed by atoms with Gasteiger partial charge < -0.3 is 15.3 Å². The highest BCUT2D eigenvalue weighted by Crippen LogP contribution is 2.20. The Labute approximate surface area is 123 Å². The van der Waals surface area contributed by atoms with Gasteiger partial charge in [-0.15, -0.1) is 0 Å². The number of amides is 2. The van der Waals surface area contributed by atoms with Crippen LogP contribution in [0.3, 0.4) is 0 Å². The molecule has 2 amide bonds. The van der Waals surface area contributed by atoms with Crippen LogP contribution in [0.4, 0.5) is 4.79 Å². The average molecular weight is 295 g/mol. The Morgan fingerprint density at radius 2 is 2.14 bits per heavy atom. The van der Waals surface area contributed by atoms with Gasteiger partial charge in [-0.2, -0.15) is 5.10 Å². The van der Waals surface area contributed by atoms with E-state index >= 15 is 0 Å². The summed E-state index contributed by atoms with van der Waals surface area (Å²) >= 11 is 0. The molecule has 0 radical (unpaired) electrons. The second kappa shape index (κ2) is 7.05. The summed E-state index contributed by atoms with van der Waals surface area (Å²) in [5, 5.41) is 15.8. The number of aliphatic carboxylic acids is 1. The van der Waals surface area contributed by atoms with Crippen LogP contribution in [0.15, 0.2) is 6.33 Å². The van der Waals surface area contributed by atoms with Gasteiger partial charge in [0.15, 0.2) is 5.82 Å². The molecule has 8 nitrogen and oxygen atoms in total. The van der Waals surface area contributed by atoms with Crippen molar-refractivity contribution in [3.63, 3.8) is 0 Å². The molecule has 1 fully saturated rings. The molecule has 0 aromatic carbocycles. The molecule has 1 aliphatic rings. The van der Waals surface area contributed by atoms with Gasteiger partial charge in [-0.25, -0.2) is 9.78 Å². The van der Waals surface area contributed by atoms with Crippen LogP contribution in [-0.2, 0) is 18.3 Å². The first-order chi connectivity index (χ1) is 10.0. The van der Waals surface area contributed by atoms with E-state index in [1.54, 1.807) is 23.0 Å². The third-order valence-electron chi connectivity index (χ3n) is 3.64. The number of likely N-dealkylation sites (tertiary alicyclic amines) is 1. The van der Waals surface area contributed by atoms with E-state index in [1.165, 1.54) is 0 Å². The van der Waals surface area contributed by atoms with E-state index in [9.17, 15) is 9.59 Å². The van der Waals surface area contributed by atoms with Gasteiger partial charge in [0.2, 0.25) is 0 Å². The highest BCUT2D eigenvalue weighted by atomic mass is 16.4. The maximum Gasteiger partial charge on any atom is 0.317 e. The summed E-state index contributed by atoms with van der Waals surface area (Å²) in [6.45, 7) is 1.73. The fraction of sp³-hybridized carbons (Fsp3) is 0.692. The lowest BCUT2D eigenvalue weighted by Crippen LogP contribution is -2.45. The van der Waals surface area contributed by atoms with Crippen LogP contribution in [-0.4, -0.2) is 56.4 Å². The summed E-state index contributed by atoms with van der Waals surface area (Å²) in [6, 6.07) is -0.0975. The van der Waals surface area contributed by atoms with Crippen LogP contribution in [0.25, 0.3) is 0 Å². The maximum atomic E-state index is 12.0. The summed E-state index contributed by atoms with van der Waals surface area (Å²) < 4.78 is 1.63. The van der Waals surface area contributed by atoms with Crippen molar-refractivity contribution < 1.29 is 14.7 Å². The Balaban J connectivity index is 1.66. The first-order valence-corrected chi connectivity index (χ1v) is 7.13. The van der Waals surface area contributed by atoms with Gasteiger partial charge in [-0.05, 0) is 18.8 Å². The number of carboxylic acids is 1. The molecule has 0 bridgehead atoms. The summed E-state index contributed by atoms with van der Waals surface area (Å²) in [7, 11) is 1.80. The third-order valence-corrected chi connectivity index (χ3v) is 3.64. The van der Waals surface area contributed by atoms with Crippen molar-refractivity contribution in [2.45, 2.75) is 25.7 Å². The molecule has 0 unspecified atom stereocenters. The normalized spacial score (nSPS) is 16.0. The minimum Gasteiger partial charge on any atom is -0.481 e. The molecule has 116 valence electrons. The van der Waals surface area contributed by atoms with Crippen LogP contribution >= 0.6 is 0 Å². The quantitative estimate of drug-likeness (QED) is 0.811. The molecule has 2 N–H and O–H groups in total. The smallest absolute Gasteiger partial charge is 0.317 e. The van der Waals surface area contributed by atoms with E-state index in [4.69, 9.17) is 5.11 Å². The molecule has 0 spiro atoms.